The second kappa shape index (κ2) is 7.34. The fourth-order valence-electron chi connectivity index (χ4n) is 2.51. The Morgan fingerprint density at radius 1 is 0.833 bits per heavy atom. The third kappa shape index (κ3) is 4.35. The van der Waals surface area contributed by atoms with E-state index in [1.165, 1.54) is 12.1 Å². The van der Waals surface area contributed by atoms with Gasteiger partial charge in [-0.3, -0.25) is 0 Å². The molecule has 128 valence electrons. The van der Waals surface area contributed by atoms with Crippen molar-refractivity contribution in [3.8, 4) is 0 Å². The minimum atomic E-state index is -4.29. The molecule has 1 N–H and O–H groups in total. The lowest BCUT2D eigenvalue weighted by molar-refractivity contribution is -0.137. The Labute approximate surface area is 138 Å². The van der Waals surface area contributed by atoms with Gasteiger partial charge in [0.05, 0.1) is 18.8 Å². The highest BCUT2D eigenvalue weighted by atomic mass is 19.4. The largest absolute Gasteiger partial charge is 0.416 e. The maximum atomic E-state index is 12.5. The van der Waals surface area contributed by atoms with Crippen LogP contribution in [0.1, 0.15) is 28.5 Å². The van der Waals surface area contributed by atoms with Crippen molar-refractivity contribution in [3.63, 3.8) is 0 Å². The molecule has 1 heterocycles. The summed E-state index contributed by atoms with van der Waals surface area (Å²) < 4.78 is 48.4. The molecule has 0 bridgehead atoms. The molecule has 1 fully saturated rings. The first-order valence-corrected chi connectivity index (χ1v) is 7.71. The number of alkyl halides is 3. The van der Waals surface area contributed by atoms with E-state index in [1.807, 2.05) is 24.3 Å². The number of ether oxygens (including phenoxy) is 2. The van der Waals surface area contributed by atoms with Crippen LogP contribution in [0.25, 0.3) is 0 Å². The molecule has 24 heavy (non-hydrogen) atoms. The van der Waals surface area contributed by atoms with Gasteiger partial charge in [-0.2, -0.15) is 13.2 Å². The van der Waals surface area contributed by atoms with Gasteiger partial charge in [-0.15, -0.1) is 0 Å². The summed E-state index contributed by atoms with van der Waals surface area (Å²) >= 11 is 0. The molecule has 0 aromatic heterocycles. The number of halogens is 3. The average molecular weight is 337 g/mol. The molecule has 3 nitrogen and oxygen atoms in total. The quantitative estimate of drug-likeness (QED) is 0.893. The molecule has 0 amide bonds. The van der Waals surface area contributed by atoms with Crippen molar-refractivity contribution >= 4 is 0 Å². The lowest BCUT2D eigenvalue weighted by atomic mass is 10.1. The molecule has 2 aromatic carbocycles. The molecule has 3 rings (SSSR count). The molecule has 1 saturated heterocycles. The number of rotatable bonds is 5. The highest BCUT2D eigenvalue weighted by Gasteiger charge is 2.29. The van der Waals surface area contributed by atoms with Crippen LogP contribution in [0.2, 0.25) is 0 Å². The maximum Gasteiger partial charge on any atom is 0.416 e. The van der Waals surface area contributed by atoms with Crippen molar-refractivity contribution < 1.29 is 22.6 Å². The summed E-state index contributed by atoms with van der Waals surface area (Å²) in [7, 11) is 0. The minimum absolute atomic E-state index is 0.279. The van der Waals surface area contributed by atoms with Gasteiger partial charge in [0, 0.05) is 18.7 Å². The van der Waals surface area contributed by atoms with E-state index in [1.54, 1.807) is 0 Å². The SMILES string of the molecule is FC(F)(F)c1ccc(CNCc2ccc(C3OCCO3)cc2)cc1. The van der Waals surface area contributed by atoms with Gasteiger partial charge >= 0.3 is 6.18 Å². The van der Waals surface area contributed by atoms with Crippen LogP contribution < -0.4 is 5.32 Å². The predicted octanol–water partition coefficient (Wildman–Crippen LogP) is 4.04. The van der Waals surface area contributed by atoms with Crippen LogP contribution in [0.15, 0.2) is 48.5 Å². The molecule has 6 heteroatoms. The Kier molecular flexibility index (Phi) is 5.18. The standard InChI is InChI=1S/C18H18F3NO2/c19-18(20,21)16-7-3-14(4-8-16)12-22-11-13-1-5-15(6-2-13)17-23-9-10-24-17/h1-8,17,22H,9-12H2. The molecule has 0 saturated carbocycles. The highest BCUT2D eigenvalue weighted by Crippen LogP contribution is 2.29. The summed E-state index contributed by atoms with van der Waals surface area (Å²) in [5, 5.41) is 3.22. The van der Waals surface area contributed by atoms with Crippen molar-refractivity contribution in [2.75, 3.05) is 13.2 Å². The van der Waals surface area contributed by atoms with Gasteiger partial charge in [0.1, 0.15) is 0 Å². The topological polar surface area (TPSA) is 30.5 Å². The van der Waals surface area contributed by atoms with Crippen LogP contribution in [-0.4, -0.2) is 13.2 Å². The third-order valence-electron chi connectivity index (χ3n) is 3.81. The predicted molar refractivity (Wildman–Crippen MR) is 83.1 cm³/mol. The van der Waals surface area contributed by atoms with Crippen molar-refractivity contribution in [1.82, 2.24) is 5.32 Å². The Morgan fingerprint density at radius 2 is 1.33 bits per heavy atom. The van der Waals surface area contributed by atoms with Gasteiger partial charge in [0.15, 0.2) is 6.29 Å². The summed E-state index contributed by atoms with van der Waals surface area (Å²) in [4.78, 5) is 0. The fourth-order valence-corrected chi connectivity index (χ4v) is 2.51. The molecule has 1 aliphatic heterocycles. The zero-order valence-electron chi connectivity index (χ0n) is 13.0. The summed E-state index contributed by atoms with van der Waals surface area (Å²) in [6, 6.07) is 13.1. The van der Waals surface area contributed by atoms with Gasteiger partial charge in [-0.05, 0) is 23.3 Å². The normalized spacial score (nSPS) is 15.8. The lowest BCUT2D eigenvalue weighted by Gasteiger charge is -2.11. The van der Waals surface area contributed by atoms with Crippen molar-refractivity contribution in [2.24, 2.45) is 0 Å². The molecule has 0 aliphatic carbocycles. The smallest absolute Gasteiger partial charge is 0.346 e. The second-order valence-corrected chi connectivity index (χ2v) is 5.61. The van der Waals surface area contributed by atoms with Gasteiger partial charge < -0.3 is 14.8 Å². The van der Waals surface area contributed by atoms with Crippen molar-refractivity contribution in [3.05, 3.63) is 70.8 Å². The monoisotopic (exact) mass is 337 g/mol. The number of hydrogen-bond donors (Lipinski definition) is 1. The fraction of sp³-hybridized carbons (Fsp3) is 0.333. The molecule has 0 atom stereocenters. The first kappa shape index (κ1) is 17.0. The zero-order valence-corrected chi connectivity index (χ0v) is 13.0. The first-order chi connectivity index (χ1) is 11.5. The molecular formula is C18H18F3NO2. The lowest BCUT2D eigenvalue weighted by Crippen LogP contribution is -2.13. The summed E-state index contributed by atoms with van der Waals surface area (Å²) in [5.41, 5.74) is 2.26. The van der Waals surface area contributed by atoms with E-state index < -0.39 is 11.7 Å². The molecule has 1 aliphatic rings. The molecule has 0 spiro atoms. The summed E-state index contributed by atoms with van der Waals surface area (Å²) in [6.45, 7) is 2.37. The molecule has 2 aromatic rings. The summed E-state index contributed by atoms with van der Waals surface area (Å²) in [6.07, 6.45) is -4.57. The van der Waals surface area contributed by atoms with Gasteiger partial charge in [-0.25, -0.2) is 0 Å². The van der Waals surface area contributed by atoms with Crippen LogP contribution in [0, 0.1) is 0 Å². The van der Waals surface area contributed by atoms with E-state index in [4.69, 9.17) is 9.47 Å². The van der Waals surface area contributed by atoms with Crippen LogP contribution >= 0.6 is 0 Å². The Bertz CT molecular complexity index is 647. The average Bonchev–Trinajstić information content (AvgIpc) is 3.10. The highest BCUT2D eigenvalue weighted by molar-refractivity contribution is 5.25. The second-order valence-electron chi connectivity index (χ2n) is 5.61. The molecular weight excluding hydrogens is 319 g/mol. The van der Waals surface area contributed by atoms with Gasteiger partial charge in [0.25, 0.3) is 0 Å². The van der Waals surface area contributed by atoms with E-state index in [2.05, 4.69) is 5.32 Å². The van der Waals surface area contributed by atoms with Crippen LogP contribution in [0.5, 0.6) is 0 Å². The Morgan fingerprint density at radius 3 is 1.83 bits per heavy atom. The van der Waals surface area contributed by atoms with Gasteiger partial charge in [0.2, 0.25) is 0 Å². The van der Waals surface area contributed by atoms with Crippen molar-refractivity contribution in [1.29, 1.82) is 0 Å². The van der Waals surface area contributed by atoms with E-state index in [-0.39, 0.29) is 6.29 Å². The van der Waals surface area contributed by atoms with E-state index in [9.17, 15) is 13.2 Å². The molecule has 0 radical (unpaired) electrons. The molecule has 0 unspecified atom stereocenters. The van der Waals surface area contributed by atoms with Crippen LogP contribution in [0.3, 0.4) is 0 Å². The minimum Gasteiger partial charge on any atom is -0.346 e. The van der Waals surface area contributed by atoms with Gasteiger partial charge in [-0.1, -0.05) is 36.4 Å². The van der Waals surface area contributed by atoms with Crippen LogP contribution in [0.4, 0.5) is 13.2 Å². The zero-order chi connectivity index (χ0) is 17.0. The number of benzene rings is 2. The van der Waals surface area contributed by atoms with E-state index in [0.29, 0.717) is 26.3 Å². The number of nitrogens with one attached hydrogen (secondary N) is 1. The first-order valence-electron chi connectivity index (χ1n) is 7.71. The Hall–Kier alpha value is -1.89. The van der Waals surface area contributed by atoms with E-state index in [0.717, 1.165) is 28.8 Å². The summed E-state index contributed by atoms with van der Waals surface area (Å²) in [5.74, 6) is 0. The Balaban J connectivity index is 1.49. The number of hydrogen-bond acceptors (Lipinski definition) is 3. The van der Waals surface area contributed by atoms with E-state index >= 15 is 0 Å². The third-order valence-corrected chi connectivity index (χ3v) is 3.81. The van der Waals surface area contributed by atoms with Crippen LogP contribution in [-0.2, 0) is 28.7 Å². The maximum absolute atomic E-state index is 12.5. The van der Waals surface area contributed by atoms with Crippen molar-refractivity contribution in [2.45, 2.75) is 25.6 Å².